The van der Waals surface area contributed by atoms with Crippen molar-refractivity contribution < 1.29 is 35.8 Å². The number of aromatic nitrogens is 1. The lowest BCUT2D eigenvalue weighted by Crippen LogP contribution is -2.29. The molecule has 0 saturated carbocycles. The van der Waals surface area contributed by atoms with Gasteiger partial charge < -0.3 is 14.3 Å². The fourth-order valence-electron chi connectivity index (χ4n) is 4.12. The summed E-state index contributed by atoms with van der Waals surface area (Å²) in [6.45, 7) is 16.4. The second kappa shape index (κ2) is 11.0. The molecule has 1 aromatic heterocycles. The van der Waals surface area contributed by atoms with Gasteiger partial charge in [0.15, 0.2) is 0 Å². The molecular weight excluding hydrogens is 545 g/mol. The Bertz CT molecular complexity index is 1410. The molecule has 2 N–H and O–H groups in total. The Morgan fingerprint density at radius 2 is 1.50 bits per heavy atom. The number of ether oxygens (including phenoxy) is 1. The number of benzene rings is 2. The van der Waals surface area contributed by atoms with Crippen molar-refractivity contribution in [1.29, 1.82) is 0 Å². The molecular formula is C29H37F3N2O5S. The molecule has 7 nitrogen and oxygen atoms in total. The fourth-order valence-corrected chi connectivity index (χ4v) is 4.68. The van der Waals surface area contributed by atoms with Crippen molar-refractivity contribution in [2.75, 3.05) is 11.3 Å². The summed E-state index contributed by atoms with van der Waals surface area (Å²) < 4.78 is 73.8. The van der Waals surface area contributed by atoms with Crippen molar-refractivity contribution in [2.45, 2.75) is 84.1 Å². The standard InChI is InChI=1S/C29H37F3N2O5S/c1-17(2)25-23(13-14-38-20-11-9-19(10-12-20)34-40(36,37)29(30,31)32)33-26(39-25)18-15-21(27(3,4)5)24(35)22(16-18)28(6,7)8/h9-12,15-17,34-35H,13-14H2,1-8H3. The highest BCUT2D eigenvalue weighted by molar-refractivity contribution is 7.93. The predicted octanol–water partition coefficient (Wildman–Crippen LogP) is 7.65. The summed E-state index contributed by atoms with van der Waals surface area (Å²) in [5, 5.41) is 11.1. The van der Waals surface area contributed by atoms with Gasteiger partial charge in [-0.1, -0.05) is 55.4 Å². The molecule has 1 heterocycles. The van der Waals surface area contributed by atoms with Crippen molar-refractivity contribution in [3.8, 4) is 23.0 Å². The molecule has 2 aromatic carbocycles. The second-order valence-electron chi connectivity index (χ2n) is 12.1. The van der Waals surface area contributed by atoms with Crippen molar-refractivity contribution >= 4 is 15.7 Å². The number of anilines is 1. The van der Waals surface area contributed by atoms with Crippen LogP contribution in [0.4, 0.5) is 18.9 Å². The number of nitrogens with zero attached hydrogens (tertiary/aromatic N) is 1. The van der Waals surface area contributed by atoms with E-state index in [1.54, 1.807) is 0 Å². The van der Waals surface area contributed by atoms with Crippen molar-refractivity contribution in [3.05, 3.63) is 59.0 Å². The van der Waals surface area contributed by atoms with E-state index in [-0.39, 0.29) is 34.8 Å². The van der Waals surface area contributed by atoms with Crippen molar-refractivity contribution in [3.63, 3.8) is 0 Å². The Kier molecular flexibility index (Phi) is 8.60. The number of phenols is 1. The largest absolute Gasteiger partial charge is 0.516 e. The maximum absolute atomic E-state index is 12.6. The van der Waals surface area contributed by atoms with Crippen LogP contribution in [0.1, 0.15) is 83.9 Å². The SMILES string of the molecule is CC(C)c1oc(-c2cc(C(C)(C)C)c(O)c(C(C)(C)C)c2)nc1CCOc1ccc(NS(=O)(=O)C(F)(F)F)cc1. The molecule has 3 rings (SSSR count). The smallest absolute Gasteiger partial charge is 0.507 e. The van der Waals surface area contributed by atoms with Gasteiger partial charge in [0.1, 0.15) is 17.3 Å². The molecule has 0 saturated heterocycles. The van der Waals surface area contributed by atoms with Crippen LogP contribution in [0, 0.1) is 0 Å². The normalized spacial score (nSPS) is 13.1. The predicted molar refractivity (Wildman–Crippen MR) is 149 cm³/mol. The van der Waals surface area contributed by atoms with Crippen molar-refractivity contribution in [2.24, 2.45) is 0 Å². The summed E-state index contributed by atoms with van der Waals surface area (Å²) in [6.07, 6.45) is 0.399. The van der Waals surface area contributed by atoms with Crippen LogP contribution in [0.3, 0.4) is 0 Å². The minimum Gasteiger partial charge on any atom is -0.507 e. The first-order valence-electron chi connectivity index (χ1n) is 12.9. The number of rotatable bonds is 8. The van der Waals surface area contributed by atoms with Gasteiger partial charge in [-0.3, -0.25) is 4.72 Å². The number of aromatic hydroxyl groups is 1. The zero-order valence-corrected chi connectivity index (χ0v) is 24.8. The molecule has 0 fully saturated rings. The Balaban J connectivity index is 1.83. The van der Waals surface area contributed by atoms with Crippen LogP contribution in [0.5, 0.6) is 11.5 Å². The van der Waals surface area contributed by atoms with E-state index in [2.05, 4.69) is 0 Å². The molecule has 0 bridgehead atoms. The lowest BCUT2D eigenvalue weighted by molar-refractivity contribution is -0.0429. The van der Waals surface area contributed by atoms with Crippen LogP contribution >= 0.6 is 0 Å². The molecule has 0 aliphatic heterocycles. The average molecular weight is 583 g/mol. The number of phenolic OH excluding ortho intramolecular Hbond substituents is 1. The molecule has 0 aliphatic carbocycles. The molecule has 220 valence electrons. The van der Waals surface area contributed by atoms with Crippen LogP contribution in [0.2, 0.25) is 0 Å². The summed E-state index contributed by atoms with van der Waals surface area (Å²) in [5.41, 5.74) is -3.20. The lowest BCUT2D eigenvalue weighted by Gasteiger charge is -2.27. The molecule has 0 radical (unpaired) electrons. The summed E-state index contributed by atoms with van der Waals surface area (Å²) in [6, 6.07) is 8.97. The third kappa shape index (κ3) is 7.10. The number of sulfonamides is 1. The first kappa shape index (κ1) is 31.3. The molecule has 0 spiro atoms. The van der Waals surface area contributed by atoms with E-state index in [1.165, 1.54) is 29.0 Å². The zero-order chi connectivity index (χ0) is 30.3. The van der Waals surface area contributed by atoms with Crippen LogP contribution in [-0.4, -0.2) is 30.6 Å². The fraction of sp³-hybridized carbons (Fsp3) is 0.483. The van der Waals surface area contributed by atoms with E-state index in [4.69, 9.17) is 14.1 Å². The van der Waals surface area contributed by atoms with E-state index >= 15 is 0 Å². The first-order valence-corrected chi connectivity index (χ1v) is 14.4. The van der Waals surface area contributed by atoms with E-state index in [9.17, 15) is 26.7 Å². The van der Waals surface area contributed by atoms with E-state index in [0.717, 1.165) is 16.7 Å². The third-order valence-corrected chi connectivity index (χ3v) is 7.36. The maximum atomic E-state index is 12.6. The summed E-state index contributed by atoms with van der Waals surface area (Å²) in [5.74, 6) is 1.81. The highest BCUT2D eigenvalue weighted by Crippen LogP contribution is 2.42. The van der Waals surface area contributed by atoms with Crippen molar-refractivity contribution in [1.82, 2.24) is 4.98 Å². The molecule has 11 heteroatoms. The van der Waals surface area contributed by atoms with Gasteiger partial charge in [-0.05, 0) is 47.2 Å². The van der Waals surface area contributed by atoms with Gasteiger partial charge in [0.05, 0.1) is 12.3 Å². The highest BCUT2D eigenvalue weighted by Gasteiger charge is 2.46. The van der Waals surface area contributed by atoms with E-state index in [0.29, 0.717) is 29.5 Å². The maximum Gasteiger partial charge on any atom is 0.516 e. The van der Waals surface area contributed by atoms with Gasteiger partial charge in [-0.15, -0.1) is 0 Å². The Hall–Kier alpha value is -3.21. The molecule has 0 amide bonds. The first-order chi connectivity index (χ1) is 18.2. The summed E-state index contributed by atoms with van der Waals surface area (Å²) in [7, 11) is -5.50. The van der Waals surface area contributed by atoms with Crippen LogP contribution < -0.4 is 9.46 Å². The number of hydrogen-bond acceptors (Lipinski definition) is 6. The van der Waals surface area contributed by atoms with Gasteiger partial charge in [0.2, 0.25) is 5.89 Å². The molecule has 40 heavy (non-hydrogen) atoms. The molecule has 0 unspecified atom stereocenters. The van der Waals surface area contributed by atoms with Gasteiger partial charge in [0.25, 0.3) is 0 Å². The van der Waals surface area contributed by atoms with Crippen LogP contribution in [0.15, 0.2) is 40.8 Å². The van der Waals surface area contributed by atoms with Crippen LogP contribution in [0.25, 0.3) is 11.5 Å². The average Bonchev–Trinajstić information content (AvgIpc) is 3.22. The van der Waals surface area contributed by atoms with Gasteiger partial charge in [-0.25, -0.2) is 4.98 Å². The number of nitrogens with one attached hydrogen (secondary N) is 1. The van der Waals surface area contributed by atoms with Gasteiger partial charge >= 0.3 is 15.5 Å². The third-order valence-electron chi connectivity index (χ3n) is 6.24. The zero-order valence-electron chi connectivity index (χ0n) is 24.0. The number of oxazole rings is 1. The topological polar surface area (TPSA) is 102 Å². The molecule has 0 atom stereocenters. The number of alkyl halides is 3. The summed E-state index contributed by atoms with van der Waals surface area (Å²) >= 11 is 0. The Morgan fingerprint density at radius 1 is 0.975 bits per heavy atom. The minimum absolute atomic E-state index is 0.0403. The Labute approximate surface area is 233 Å². The minimum atomic E-state index is -5.50. The number of halogens is 3. The van der Waals surface area contributed by atoms with E-state index < -0.39 is 15.5 Å². The van der Waals surface area contributed by atoms with Crippen LogP contribution in [-0.2, 0) is 27.3 Å². The second-order valence-corrected chi connectivity index (χ2v) is 13.8. The molecule has 0 aliphatic rings. The number of hydrogen-bond donors (Lipinski definition) is 2. The van der Waals surface area contributed by atoms with Gasteiger partial charge in [-0.2, -0.15) is 21.6 Å². The lowest BCUT2D eigenvalue weighted by atomic mass is 9.78. The quantitative estimate of drug-likeness (QED) is 0.283. The van der Waals surface area contributed by atoms with Gasteiger partial charge in [0, 0.05) is 34.7 Å². The molecule has 3 aromatic rings. The highest BCUT2D eigenvalue weighted by atomic mass is 32.2. The van der Waals surface area contributed by atoms with E-state index in [1.807, 2.05) is 67.5 Å². The monoisotopic (exact) mass is 582 g/mol. The Morgan fingerprint density at radius 3 is 1.95 bits per heavy atom. The summed E-state index contributed by atoms with van der Waals surface area (Å²) in [4.78, 5) is 4.77.